The SMILES string of the molecule is O=C1C(=O)c2c3ccccc3cc3cccc1c23.O=C1c2ccccc2C(=O)c2cc3ccccc3cc21. The average Bonchev–Trinajstić information content (AvgIpc) is 3.22. The van der Waals surface area contributed by atoms with Gasteiger partial charge in [-0.05, 0) is 45.1 Å². The van der Waals surface area contributed by atoms with Gasteiger partial charge in [-0.3, -0.25) is 19.2 Å². The van der Waals surface area contributed by atoms with Crippen LogP contribution in [0, 0.1) is 0 Å². The average molecular weight is 491 g/mol. The number of hydrogen-bond acceptors (Lipinski definition) is 4. The summed E-state index contributed by atoms with van der Waals surface area (Å²) in [6.45, 7) is 0. The van der Waals surface area contributed by atoms with Crippen molar-refractivity contribution in [1.82, 2.24) is 0 Å². The molecule has 0 aliphatic heterocycles. The molecule has 0 fully saturated rings. The van der Waals surface area contributed by atoms with E-state index in [4.69, 9.17) is 0 Å². The Morgan fingerprint density at radius 1 is 0.342 bits per heavy atom. The zero-order chi connectivity index (χ0) is 26.0. The second-order valence-corrected chi connectivity index (χ2v) is 9.48. The fourth-order valence-electron chi connectivity index (χ4n) is 5.57. The van der Waals surface area contributed by atoms with Crippen LogP contribution in [0.1, 0.15) is 52.6 Å². The van der Waals surface area contributed by atoms with Crippen LogP contribution in [0.5, 0.6) is 0 Å². The Kier molecular flexibility index (Phi) is 4.72. The van der Waals surface area contributed by atoms with Crippen LogP contribution in [0.2, 0.25) is 0 Å². The predicted molar refractivity (Wildman–Crippen MR) is 147 cm³/mol. The van der Waals surface area contributed by atoms with Gasteiger partial charge in [0.2, 0.25) is 11.6 Å². The van der Waals surface area contributed by atoms with Gasteiger partial charge >= 0.3 is 0 Å². The van der Waals surface area contributed by atoms with Gasteiger partial charge in [-0.15, -0.1) is 0 Å². The highest BCUT2D eigenvalue weighted by Gasteiger charge is 2.32. The molecule has 0 heterocycles. The van der Waals surface area contributed by atoms with E-state index in [1.807, 2.05) is 78.9 Å². The minimum atomic E-state index is -0.382. The molecule has 0 saturated heterocycles. The first-order valence-corrected chi connectivity index (χ1v) is 12.3. The molecular formula is C34H18O4. The molecule has 0 N–H and O–H groups in total. The fourth-order valence-corrected chi connectivity index (χ4v) is 5.57. The molecule has 178 valence electrons. The maximum atomic E-state index is 12.5. The third kappa shape index (κ3) is 3.10. The van der Waals surface area contributed by atoms with Crippen molar-refractivity contribution in [3.63, 3.8) is 0 Å². The van der Waals surface area contributed by atoms with Gasteiger partial charge in [-0.25, -0.2) is 0 Å². The third-order valence-electron chi connectivity index (χ3n) is 7.36. The lowest BCUT2D eigenvalue weighted by Crippen LogP contribution is -2.20. The van der Waals surface area contributed by atoms with E-state index in [9.17, 15) is 19.2 Å². The van der Waals surface area contributed by atoms with E-state index in [1.54, 1.807) is 30.3 Å². The molecule has 4 heteroatoms. The van der Waals surface area contributed by atoms with E-state index >= 15 is 0 Å². The summed E-state index contributed by atoms with van der Waals surface area (Å²) < 4.78 is 0. The van der Waals surface area contributed by atoms with Gasteiger partial charge in [-0.2, -0.15) is 0 Å². The highest BCUT2D eigenvalue weighted by molar-refractivity contribution is 6.59. The molecule has 6 aromatic rings. The lowest BCUT2D eigenvalue weighted by atomic mass is 9.83. The number of hydrogen-bond donors (Lipinski definition) is 0. The molecule has 0 radical (unpaired) electrons. The molecular weight excluding hydrogens is 472 g/mol. The fraction of sp³-hybridized carbons (Fsp3) is 0. The summed E-state index contributed by atoms with van der Waals surface area (Å²) in [6, 6.07) is 33.6. The van der Waals surface area contributed by atoms with Crippen molar-refractivity contribution in [2.75, 3.05) is 0 Å². The topological polar surface area (TPSA) is 68.3 Å². The Labute approximate surface area is 217 Å². The standard InChI is InChI=1S/C18H10O2.C16H8O2/c19-17-13-7-3-4-8-14(13)18(20)16-10-12-6-2-1-5-11(12)9-15(16)17;17-15-12-7-3-5-10-8-9-4-1-2-6-11(9)14(13(10)12)16(15)18/h1-10H;1-8H. The highest BCUT2D eigenvalue weighted by Crippen LogP contribution is 2.36. The molecule has 0 saturated carbocycles. The van der Waals surface area contributed by atoms with Crippen LogP contribution in [0.25, 0.3) is 32.3 Å². The second-order valence-electron chi connectivity index (χ2n) is 9.48. The maximum Gasteiger partial charge on any atom is 0.234 e. The lowest BCUT2D eigenvalue weighted by Gasteiger charge is -2.17. The van der Waals surface area contributed by atoms with Gasteiger partial charge in [0.15, 0.2) is 11.6 Å². The van der Waals surface area contributed by atoms with Crippen molar-refractivity contribution < 1.29 is 19.2 Å². The van der Waals surface area contributed by atoms with Gasteiger partial charge in [0.25, 0.3) is 0 Å². The summed E-state index contributed by atoms with van der Waals surface area (Å²) in [5.41, 5.74) is 3.13. The van der Waals surface area contributed by atoms with Crippen LogP contribution in [0.15, 0.2) is 109 Å². The van der Waals surface area contributed by atoms with Gasteiger partial charge in [0.1, 0.15) is 0 Å². The van der Waals surface area contributed by atoms with E-state index in [2.05, 4.69) is 0 Å². The van der Waals surface area contributed by atoms with Crippen LogP contribution in [0.4, 0.5) is 0 Å². The van der Waals surface area contributed by atoms with Crippen molar-refractivity contribution in [2.45, 2.75) is 0 Å². The van der Waals surface area contributed by atoms with E-state index in [1.165, 1.54) is 0 Å². The Balaban J connectivity index is 0.000000128. The molecule has 0 aromatic heterocycles. The zero-order valence-corrected chi connectivity index (χ0v) is 20.0. The van der Waals surface area contributed by atoms with Crippen LogP contribution >= 0.6 is 0 Å². The summed E-state index contributed by atoms with van der Waals surface area (Å²) >= 11 is 0. The Morgan fingerprint density at radius 3 is 1.47 bits per heavy atom. The Hall–Kier alpha value is -5.22. The smallest absolute Gasteiger partial charge is 0.234 e. The van der Waals surface area contributed by atoms with E-state index in [0.29, 0.717) is 33.4 Å². The first-order valence-electron chi connectivity index (χ1n) is 12.3. The molecule has 8 rings (SSSR count). The third-order valence-corrected chi connectivity index (χ3v) is 7.36. The largest absolute Gasteiger partial charge is 0.289 e. The molecule has 0 atom stereocenters. The summed E-state index contributed by atoms with van der Waals surface area (Å²) in [4.78, 5) is 49.2. The van der Waals surface area contributed by atoms with Crippen LogP contribution in [0.3, 0.4) is 0 Å². The molecule has 6 aromatic carbocycles. The van der Waals surface area contributed by atoms with E-state index < -0.39 is 0 Å². The summed E-state index contributed by atoms with van der Waals surface area (Å²) in [7, 11) is 0. The molecule has 0 unspecified atom stereocenters. The molecule has 2 aliphatic rings. The second kappa shape index (κ2) is 8.15. The molecule has 0 bridgehead atoms. The number of fused-ring (bicyclic) bond motifs is 5. The molecule has 2 aliphatic carbocycles. The number of carbonyl (C=O) groups excluding carboxylic acids is 4. The molecule has 4 nitrogen and oxygen atoms in total. The normalized spacial score (nSPS) is 13.5. The highest BCUT2D eigenvalue weighted by atomic mass is 16.2. The monoisotopic (exact) mass is 490 g/mol. The Bertz CT molecular complexity index is 1970. The summed E-state index contributed by atoms with van der Waals surface area (Å²) in [6.07, 6.45) is 0. The van der Waals surface area contributed by atoms with Crippen LogP contribution in [-0.4, -0.2) is 23.1 Å². The van der Waals surface area contributed by atoms with Crippen molar-refractivity contribution in [3.05, 3.63) is 143 Å². The van der Waals surface area contributed by atoms with E-state index in [-0.39, 0.29) is 23.1 Å². The quantitative estimate of drug-likeness (QED) is 0.170. The first kappa shape index (κ1) is 22.0. The predicted octanol–water partition coefficient (Wildman–Crippen LogP) is 6.99. The summed E-state index contributed by atoms with van der Waals surface area (Å²) in [5.74, 6) is -0.896. The Morgan fingerprint density at radius 2 is 0.842 bits per heavy atom. The lowest BCUT2D eigenvalue weighted by molar-refractivity contribution is 0.0826. The molecule has 38 heavy (non-hydrogen) atoms. The maximum absolute atomic E-state index is 12.5. The van der Waals surface area contributed by atoms with Crippen molar-refractivity contribution in [2.24, 2.45) is 0 Å². The van der Waals surface area contributed by atoms with Crippen molar-refractivity contribution in [1.29, 1.82) is 0 Å². The van der Waals surface area contributed by atoms with Gasteiger partial charge in [-0.1, -0.05) is 91.0 Å². The number of carbonyl (C=O) groups is 4. The van der Waals surface area contributed by atoms with Crippen LogP contribution in [-0.2, 0) is 0 Å². The molecule has 0 spiro atoms. The minimum absolute atomic E-state index is 0.0686. The zero-order valence-electron chi connectivity index (χ0n) is 20.0. The van der Waals surface area contributed by atoms with Crippen LogP contribution < -0.4 is 0 Å². The van der Waals surface area contributed by atoms with E-state index in [0.717, 1.165) is 32.3 Å². The van der Waals surface area contributed by atoms with Gasteiger partial charge in [0, 0.05) is 38.8 Å². The summed E-state index contributed by atoms with van der Waals surface area (Å²) in [5, 5.41) is 5.60. The number of rotatable bonds is 0. The van der Waals surface area contributed by atoms with Gasteiger partial charge < -0.3 is 0 Å². The van der Waals surface area contributed by atoms with Crippen molar-refractivity contribution >= 4 is 55.5 Å². The molecule has 0 amide bonds. The van der Waals surface area contributed by atoms with Gasteiger partial charge in [0.05, 0.1) is 0 Å². The van der Waals surface area contributed by atoms with Crippen molar-refractivity contribution in [3.8, 4) is 0 Å². The number of Topliss-reactive ketones (excluding diaryl/α,β-unsaturated/α-hetero) is 2. The first-order chi connectivity index (χ1) is 18.5. The number of ketones is 4. The number of benzene rings is 6. The minimum Gasteiger partial charge on any atom is -0.289 e.